The highest BCUT2D eigenvalue weighted by Crippen LogP contribution is 2.30. The Balaban J connectivity index is 1.77. The van der Waals surface area contributed by atoms with E-state index in [0.29, 0.717) is 17.4 Å². The summed E-state index contributed by atoms with van der Waals surface area (Å²) in [6, 6.07) is 12.8. The molecule has 0 saturated heterocycles. The summed E-state index contributed by atoms with van der Waals surface area (Å²) in [7, 11) is -2.06. The molecule has 7 nitrogen and oxygen atoms in total. The topological polar surface area (TPSA) is 97.4 Å². The smallest absolute Gasteiger partial charge is 0.275 e. The van der Waals surface area contributed by atoms with Gasteiger partial charge in [0.25, 0.3) is 5.91 Å². The molecule has 0 spiro atoms. The number of nitrogens with one attached hydrogen (secondary N) is 2. The van der Waals surface area contributed by atoms with Crippen LogP contribution < -0.4 is 14.8 Å². The van der Waals surface area contributed by atoms with Gasteiger partial charge in [0.15, 0.2) is 0 Å². The standard InChI is InChI=1S/C21H23N3O4S2/c1-13(2)14-5-7-15(8-6-14)21-23-18(12-29-21)20(25)22-16-9-10-19(28-3)17(11-16)24-30(4,26)27/h5-13,24H,1-4H3,(H,22,25). The summed E-state index contributed by atoms with van der Waals surface area (Å²) >= 11 is 1.39. The first-order chi connectivity index (χ1) is 14.2. The number of hydrogen-bond acceptors (Lipinski definition) is 6. The minimum Gasteiger partial charge on any atom is -0.495 e. The molecule has 0 saturated carbocycles. The van der Waals surface area contributed by atoms with Gasteiger partial charge in [-0.2, -0.15) is 0 Å². The lowest BCUT2D eigenvalue weighted by molar-refractivity contribution is 0.102. The van der Waals surface area contributed by atoms with Crippen molar-refractivity contribution in [1.29, 1.82) is 0 Å². The van der Waals surface area contributed by atoms with Crippen LogP contribution in [-0.4, -0.2) is 32.7 Å². The van der Waals surface area contributed by atoms with Crippen molar-refractivity contribution in [2.24, 2.45) is 0 Å². The van der Waals surface area contributed by atoms with Crippen LogP contribution in [0.15, 0.2) is 47.8 Å². The first-order valence-electron chi connectivity index (χ1n) is 9.19. The van der Waals surface area contributed by atoms with Gasteiger partial charge in [-0.3, -0.25) is 9.52 Å². The number of carbonyl (C=O) groups is 1. The summed E-state index contributed by atoms with van der Waals surface area (Å²) in [6.45, 7) is 4.27. The number of hydrogen-bond donors (Lipinski definition) is 2. The van der Waals surface area contributed by atoms with Crippen molar-refractivity contribution in [3.63, 3.8) is 0 Å². The van der Waals surface area contributed by atoms with Crippen LogP contribution in [0.2, 0.25) is 0 Å². The third-order valence-corrected chi connectivity index (χ3v) is 5.80. The van der Waals surface area contributed by atoms with Gasteiger partial charge in [-0.05, 0) is 29.7 Å². The normalized spacial score (nSPS) is 11.4. The number of anilines is 2. The van der Waals surface area contributed by atoms with Gasteiger partial charge in [0.05, 0.1) is 19.1 Å². The number of thiazole rings is 1. The number of amides is 1. The van der Waals surface area contributed by atoms with Crippen molar-refractivity contribution in [3.8, 4) is 16.3 Å². The Kier molecular flexibility index (Phi) is 6.42. The van der Waals surface area contributed by atoms with Gasteiger partial charge in [-0.1, -0.05) is 38.1 Å². The quantitative estimate of drug-likeness (QED) is 0.555. The molecular weight excluding hydrogens is 422 g/mol. The maximum Gasteiger partial charge on any atom is 0.275 e. The Morgan fingerprint density at radius 3 is 2.43 bits per heavy atom. The second-order valence-electron chi connectivity index (χ2n) is 7.06. The van der Waals surface area contributed by atoms with E-state index >= 15 is 0 Å². The molecule has 0 aliphatic rings. The molecule has 0 unspecified atom stereocenters. The minimum absolute atomic E-state index is 0.238. The molecule has 1 aromatic heterocycles. The number of sulfonamides is 1. The Bertz CT molecular complexity index is 1150. The summed E-state index contributed by atoms with van der Waals surface area (Å²) in [5, 5.41) is 5.19. The van der Waals surface area contributed by atoms with Crippen LogP contribution in [0, 0.1) is 0 Å². The molecule has 1 heterocycles. The van der Waals surface area contributed by atoms with Crippen LogP contribution in [0.5, 0.6) is 5.75 Å². The highest BCUT2D eigenvalue weighted by molar-refractivity contribution is 7.92. The monoisotopic (exact) mass is 445 g/mol. The van der Waals surface area contributed by atoms with Gasteiger partial charge < -0.3 is 10.1 Å². The fourth-order valence-electron chi connectivity index (χ4n) is 2.78. The van der Waals surface area contributed by atoms with E-state index < -0.39 is 10.0 Å². The van der Waals surface area contributed by atoms with Crippen LogP contribution in [0.1, 0.15) is 35.8 Å². The second-order valence-corrected chi connectivity index (χ2v) is 9.66. The molecular formula is C21H23N3O4S2. The number of nitrogens with zero attached hydrogens (tertiary/aromatic N) is 1. The van der Waals surface area contributed by atoms with E-state index in [2.05, 4.69) is 41.0 Å². The zero-order chi connectivity index (χ0) is 21.9. The lowest BCUT2D eigenvalue weighted by Gasteiger charge is -2.12. The van der Waals surface area contributed by atoms with Gasteiger partial charge >= 0.3 is 0 Å². The largest absolute Gasteiger partial charge is 0.495 e. The third kappa shape index (κ3) is 5.37. The SMILES string of the molecule is COc1ccc(NC(=O)c2csc(-c3ccc(C(C)C)cc3)n2)cc1NS(C)(=O)=O. The number of aromatic nitrogens is 1. The molecule has 0 bridgehead atoms. The van der Waals surface area contributed by atoms with Crippen molar-refractivity contribution in [2.75, 3.05) is 23.4 Å². The number of carbonyl (C=O) groups excluding carboxylic acids is 1. The third-order valence-electron chi connectivity index (χ3n) is 4.31. The number of methoxy groups -OCH3 is 1. The van der Waals surface area contributed by atoms with Crippen LogP contribution in [-0.2, 0) is 10.0 Å². The van der Waals surface area contributed by atoms with E-state index in [-0.39, 0.29) is 17.3 Å². The Hall–Kier alpha value is -2.91. The van der Waals surface area contributed by atoms with E-state index in [1.54, 1.807) is 17.5 Å². The highest BCUT2D eigenvalue weighted by atomic mass is 32.2. The number of ether oxygens (including phenoxy) is 1. The van der Waals surface area contributed by atoms with E-state index in [0.717, 1.165) is 16.8 Å². The van der Waals surface area contributed by atoms with Crippen molar-refractivity contribution in [1.82, 2.24) is 4.98 Å². The predicted octanol–water partition coefficient (Wildman–Crippen LogP) is 4.57. The molecule has 3 rings (SSSR count). The maximum atomic E-state index is 12.6. The summed E-state index contributed by atoms with van der Waals surface area (Å²) in [5.74, 6) is 0.411. The molecule has 2 aromatic carbocycles. The first-order valence-corrected chi connectivity index (χ1v) is 12.0. The van der Waals surface area contributed by atoms with Gasteiger partial charge in [0.1, 0.15) is 16.5 Å². The van der Waals surface area contributed by atoms with Crippen LogP contribution in [0.4, 0.5) is 11.4 Å². The van der Waals surface area contributed by atoms with Gasteiger partial charge in [-0.15, -0.1) is 11.3 Å². The Labute approximate surface area is 180 Å². The molecule has 0 atom stereocenters. The molecule has 2 N–H and O–H groups in total. The lowest BCUT2D eigenvalue weighted by atomic mass is 10.0. The number of benzene rings is 2. The summed E-state index contributed by atoms with van der Waals surface area (Å²) < 4.78 is 30.6. The van der Waals surface area contributed by atoms with Crippen LogP contribution in [0.25, 0.3) is 10.6 Å². The molecule has 9 heteroatoms. The average Bonchev–Trinajstić information content (AvgIpc) is 3.17. The molecule has 30 heavy (non-hydrogen) atoms. The Morgan fingerprint density at radius 2 is 1.83 bits per heavy atom. The molecule has 3 aromatic rings. The summed E-state index contributed by atoms with van der Waals surface area (Å²) in [6.07, 6.45) is 1.04. The Morgan fingerprint density at radius 1 is 1.13 bits per heavy atom. The predicted molar refractivity (Wildman–Crippen MR) is 121 cm³/mol. The zero-order valence-electron chi connectivity index (χ0n) is 17.1. The van der Waals surface area contributed by atoms with Crippen LogP contribution in [0.3, 0.4) is 0 Å². The van der Waals surface area contributed by atoms with E-state index in [1.165, 1.54) is 30.1 Å². The zero-order valence-corrected chi connectivity index (χ0v) is 18.7. The molecule has 1 amide bonds. The molecule has 0 aliphatic heterocycles. The number of rotatable bonds is 7. The molecule has 158 valence electrons. The molecule has 0 aliphatic carbocycles. The minimum atomic E-state index is -3.50. The molecule has 0 radical (unpaired) electrons. The van der Waals surface area contributed by atoms with E-state index in [9.17, 15) is 13.2 Å². The van der Waals surface area contributed by atoms with Gasteiger partial charge in [0.2, 0.25) is 10.0 Å². The fraction of sp³-hybridized carbons (Fsp3) is 0.238. The van der Waals surface area contributed by atoms with Crippen molar-refractivity contribution >= 4 is 38.6 Å². The van der Waals surface area contributed by atoms with Gasteiger partial charge in [-0.25, -0.2) is 13.4 Å². The first kappa shape index (κ1) is 21.8. The van der Waals surface area contributed by atoms with E-state index in [4.69, 9.17) is 4.74 Å². The lowest BCUT2D eigenvalue weighted by Crippen LogP contribution is -2.14. The second kappa shape index (κ2) is 8.85. The van der Waals surface area contributed by atoms with Crippen molar-refractivity contribution < 1.29 is 17.9 Å². The highest BCUT2D eigenvalue weighted by Gasteiger charge is 2.15. The van der Waals surface area contributed by atoms with Gasteiger partial charge in [0, 0.05) is 16.6 Å². The van der Waals surface area contributed by atoms with Crippen molar-refractivity contribution in [3.05, 3.63) is 59.1 Å². The summed E-state index contributed by atoms with van der Waals surface area (Å²) in [5.41, 5.74) is 3.14. The maximum absolute atomic E-state index is 12.6. The summed E-state index contributed by atoms with van der Waals surface area (Å²) in [4.78, 5) is 17.1. The van der Waals surface area contributed by atoms with Crippen molar-refractivity contribution in [2.45, 2.75) is 19.8 Å². The fourth-order valence-corrected chi connectivity index (χ4v) is 4.15. The average molecular weight is 446 g/mol. The van der Waals surface area contributed by atoms with E-state index in [1.807, 2.05) is 12.1 Å². The van der Waals surface area contributed by atoms with Crippen LogP contribution >= 0.6 is 11.3 Å². The molecule has 0 fully saturated rings.